The second kappa shape index (κ2) is 7.25. The van der Waals surface area contributed by atoms with E-state index in [-0.39, 0.29) is 28.0 Å². The van der Waals surface area contributed by atoms with Crippen LogP contribution in [0.5, 0.6) is 11.5 Å². The first-order chi connectivity index (χ1) is 12.6. The fraction of sp³-hybridized carbons (Fsp3) is 0.111. The van der Waals surface area contributed by atoms with Crippen LogP contribution in [0.1, 0.15) is 11.3 Å². The van der Waals surface area contributed by atoms with Crippen molar-refractivity contribution in [3.05, 3.63) is 74.1 Å². The summed E-state index contributed by atoms with van der Waals surface area (Å²) in [6.07, 6.45) is -4.44. The van der Waals surface area contributed by atoms with E-state index in [0.717, 1.165) is 12.1 Å². The van der Waals surface area contributed by atoms with E-state index in [2.05, 4.69) is 9.97 Å². The van der Waals surface area contributed by atoms with Gasteiger partial charge >= 0.3 is 6.18 Å². The van der Waals surface area contributed by atoms with Crippen LogP contribution in [-0.2, 0) is 6.18 Å². The molecule has 0 unspecified atom stereocenters. The Bertz CT molecular complexity index is 1050. The zero-order valence-electron chi connectivity index (χ0n) is 13.7. The molecule has 0 aliphatic carbocycles. The lowest BCUT2D eigenvalue weighted by atomic mass is 10.1. The van der Waals surface area contributed by atoms with Crippen LogP contribution in [0.15, 0.2) is 47.3 Å². The summed E-state index contributed by atoms with van der Waals surface area (Å²) in [5.74, 6) is 0.273. The van der Waals surface area contributed by atoms with Crippen LogP contribution in [0.3, 0.4) is 0 Å². The molecule has 0 fully saturated rings. The average Bonchev–Trinajstić information content (AvgIpc) is 2.59. The highest BCUT2D eigenvalue weighted by Crippen LogP contribution is 2.32. The summed E-state index contributed by atoms with van der Waals surface area (Å²) in [5, 5.41) is 0.627. The van der Waals surface area contributed by atoms with Crippen LogP contribution in [0.2, 0.25) is 10.0 Å². The Labute approximate surface area is 161 Å². The van der Waals surface area contributed by atoms with Gasteiger partial charge in [0, 0.05) is 10.6 Å². The lowest BCUT2D eigenvalue weighted by Gasteiger charge is -2.11. The van der Waals surface area contributed by atoms with Crippen molar-refractivity contribution in [2.75, 3.05) is 0 Å². The summed E-state index contributed by atoms with van der Waals surface area (Å²) in [5.41, 5.74) is -0.801. The summed E-state index contributed by atoms with van der Waals surface area (Å²) < 4.78 is 43.5. The molecule has 1 aromatic heterocycles. The predicted octanol–water partition coefficient (Wildman–Crippen LogP) is 5.86. The second-order valence-corrected chi connectivity index (χ2v) is 6.42. The van der Waals surface area contributed by atoms with Gasteiger partial charge in [-0.2, -0.15) is 13.2 Å². The van der Waals surface area contributed by atoms with Crippen LogP contribution in [0, 0.1) is 6.92 Å². The maximum absolute atomic E-state index is 12.7. The summed E-state index contributed by atoms with van der Waals surface area (Å²) in [6, 6.07) is 8.83. The maximum atomic E-state index is 12.7. The largest absolute Gasteiger partial charge is 0.448 e. The Hall–Kier alpha value is -2.51. The monoisotopic (exact) mass is 414 g/mol. The number of alkyl halides is 3. The van der Waals surface area contributed by atoms with Gasteiger partial charge in [0.05, 0.1) is 16.3 Å². The third-order valence-corrected chi connectivity index (χ3v) is 4.17. The number of benzene rings is 2. The molecule has 2 aromatic carbocycles. The summed E-state index contributed by atoms with van der Waals surface area (Å²) >= 11 is 11.8. The minimum absolute atomic E-state index is 0.0742. The Morgan fingerprint density at radius 1 is 1.07 bits per heavy atom. The quantitative estimate of drug-likeness (QED) is 0.583. The van der Waals surface area contributed by atoms with Crippen LogP contribution < -0.4 is 10.3 Å². The molecule has 4 nitrogen and oxygen atoms in total. The Kier molecular flexibility index (Phi) is 5.17. The number of aryl methyl sites for hydroxylation is 1. The number of hydrogen-bond acceptors (Lipinski definition) is 3. The molecule has 27 heavy (non-hydrogen) atoms. The molecule has 0 aliphatic rings. The Balaban J connectivity index is 1.94. The van der Waals surface area contributed by atoms with Gasteiger partial charge in [0.25, 0.3) is 5.56 Å². The minimum atomic E-state index is -4.44. The first-order valence-electron chi connectivity index (χ1n) is 7.56. The van der Waals surface area contributed by atoms with E-state index in [1.165, 1.54) is 24.3 Å². The van der Waals surface area contributed by atoms with Gasteiger partial charge in [0.15, 0.2) is 0 Å². The molecule has 1 heterocycles. The van der Waals surface area contributed by atoms with E-state index in [1.807, 2.05) is 0 Å². The molecule has 0 saturated carbocycles. The molecule has 0 saturated heterocycles. The molecule has 1 N–H and O–H groups in total. The lowest BCUT2D eigenvalue weighted by molar-refractivity contribution is -0.137. The third-order valence-electron chi connectivity index (χ3n) is 3.64. The highest BCUT2D eigenvalue weighted by Gasteiger charge is 2.30. The first-order valence-corrected chi connectivity index (χ1v) is 8.32. The van der Waals surface area contributed by atoms with Gasteiger partial charge in [-0.3, -0.25) is 4.79 Å². The lowest BCUT2D eigenvalue weighted by Crippen LogP contribution is -2.14. The summed E-state index contributed by atoms with van der Waals surface area (Å²) in [7, 11) is 0. The van der Waals surface area contributed by atoms with Gasteiger partial charge in [-0.1, -0.05) is 35.3 Å². The Morgan fingerprint density at radius 2 is 1.74 bits per heavy atom. The number of nitrogens with one attached hydrogen (secondary N) is 1. The molecule has 3 rings (SSSR count). The van der Waals surface area contributed by atoms with Crippen molar-refractivity contribution >= 4 is 23.2 Å². The van der Waals surface area contributed by atoms with Gasteiger partial charge in [-0.25, -0.2) is 4.98 Å². The molecule has 0 aliphatic heterocycles. The molecular formula is C18H11Cl2F3N2O2. The van der Waals surface area contributed by atoms with E-state index in [1.54, 1.807) is 13.0 Å². The van der Waals surface area contributed by atoms with E-state index < -0.39 is 17.3 Å². The van der Waals surface area contributed by atoms with Crippen molar-refractivity contribution in [3.8, 4) is 22.9 Å². The maximum Gasteiger partial charge on any atom is 0.416 e. The fourth-order valence-corrected chi connectivity index (χ4v) is 2.76. The fourth-order valence-electron chi connectivity index (χ4n) is 2.32. The normalized spacial score (nSPS) is 11.5. The van der Waals surface area contributed by atoms with Gasteiger partial charge in [0.2, 0.25) is 5.75 Å². The topological polar surface area (TPSA) is 55.0 Å². The standard InChI is InChI=1S/C18H11Cl2F3N2O2/c1-9-15(27-14-7-6-12(19)8-13(14)20)17(26)25-16(24-9)10-2-4-11(5-3-10)18(21,22)23/h2-8H,1H3,(H,24,25,26). The van der Waals surface area contributed by atoms with E-state index >= 15 is 0 Å². The number of rotatable bonds is 3. The molecular weight excluding hydrogens is 404 g/mol. The van der Waals surface area contributed by atoms with Crippen molar-refractivity contribution in [3.63, 3.8) is 0 Å². The van der Waals surface area contributed by atoms with Crippen LogP contribution >= 0.6 is 23.2 Å². The van der Waals surface area contributed by atoms with Crippen molar-refractivity contribution in [2.24, 2.45) is 0 Å². The molecule has 0 spiro atoms. The molecule has 0 amide bonds. The average molecular weight is 415 g/mol. The molecule has 9 heteroatoms. The smallest absolute Gasteiger partial charge is 0.416 e. The van der Waals surface area contributed by atoms with Crippen molar-refractivity contribution in [1.82, 2.24) is 9.97 Å². The van der Waals surface area contributed by atoms with Crippen molar-refractivity contribution in [2.45, 2.75) is 13.1 Å². The highest BCUT2D eigenvalue weighted by atomic mass is 35.5. The third kappa shape index (κ3) is 4.26. The highest BCUT2D eigenvalue weighted by molar-refractivity contribution is 6.35. The van der Waals surface area contributed by atoms with Gasteiger partial charge in [-0.05, 0) is 37.3 Å². The van der Waals surface area contributed by atoms with Crippen molar-refractivity contribution in [1.29, 1.82) is 0 Å². The van der Waals surface area contributed by atoms with Crippen molar-refractivity contribution < 1.29 is 17.9 Å². The van der Waals surface area contributed by atoms with E-state index in [4.69, 9.17) is 27.9 Å². The minimum Gasteiger partial charge on any atom is -0.448 e. The molecule has 140 valence electrons. The first kappa shape index (κ1) is 19.3. The number of hydrogen-bond donors (Lipinski definition) is 1. The van der Waals surface area contributed by atoms with E-state index in [9.17, 15) is 18.0 Å². The number of H-pyrrole nitrogens is 1. The van der Waals surface area contributed by atoms with Crippen LogP contribution in [0.25, 0.3) is 11.4 Å². The van der Waals surface area contributed by atoms with Gasteiger partial charge < -0.3 is 9.72 Å². The number of ether oxygens (including phenoxy) is 1. The molecule has 0 bridgehead atoms. The van der Waals surface area contributed by atoms with Crippen LogP contribution in [-0.4, -0.2) is 9.97 Å². The van der Waals surface area contributed by atoms with Crippen LogP contribution in [0.4, 0.5) is 13.2 Å². The Morgan fingerprint density at radius 3 is 2.30 bits per heavy atom. The van der Waals surface area contributed by atoms with Gasteiger partial charge in [-0.15, -0.1) is 0 Å². The second-order valence-electron chi connectivity index (χ2n) is 5.58. The number of aromatic amines is 1. The molecule has 3 aromatic rings. The number of nitrogens with zero attached hydrogens (tertiary/aromatic N) is 1. The zero-order chi connectivity index (χ0) is 19.8. The number of aromatic nitrogens is 2. The SMILES string of the molecule is Cc1nc(-c2ccc(C(F)(F)F)cc2)[nH]c(=O)c1Oc1ccc(Cl)cc1Cl. The predicted molar refractivity (Wildman–Crippen MR) is 96.6 cm³/mol. The van der Waals surface area contributed by atoms with E-state index in [0.29, 0.717) is 10.6 Å². The van der Waals surface area contributed by atoms with Gasteiger partial charge in [0.1, 0.15) is 11.6 Å². The molecule has 0 radical (unpaired) electrons. The summed E-state index contributed by atoms with van der Waals surface area (Å²) in [4.78, 5) is 19.1. The number of halogens is 5. The summed E-state index contributed by atoms with van der Waals surface area (Å²) in [6.45, 7) is 1.54. The molecule has 0 atom stereocenters. The zero-order valence-corrected chi connectivity index (χ0v) is 15.2.